The largest absolute Gasteiger partial charge is 0.493 e. The van der Waals surface area contributed by atoms with Gasteiger partial charge in [0.2, 0.25) is 0 Å². The number of para-hydroxylation sites is 1. The third kappa shape index (κ3) is 4.59. The summed E-state index contributed by atoms with van der Waals surface area (Å²) in [7, 11) is 1.20. The van der Waals surface area contributed by atoms with E-state index in [9.17, 15) is 26.7 Å². The van der Waals surface area contributed by atoms with Gasteiger partial charge in [-0.25, -0.2) is 0 Å². The zero-order valence-corrected chi connectivity index (χ0v) is 12.7. The van der Waals surface area contributed by atoms with Crippen LogP contribution in [-0.4, -0.2) is 19.6 Å². The standard InChI is InChI=1S/C16H12F5NO3/c1-24-12-7-3-6-11(13(12)25-15(17)18)14(23)22-10-5-2-4-9(8-10)16(19,20)21/h2-8,15H,1H3,(H,22,23). The highest BCUT2D eigenvalue weighted by atomic mass is 19.4. The van der Waals surface area contributed by atoms with E-state index in [0.717, 1.165) is 18.2 Å². The average Bonchev–Trinajstić information content (AvgIpc) is 2.54. The van der Waals surface area contributed by atoms with Crippen molar-refractivity contribution in [1.82, 2.24) is 0 Å². The van der Waals surface area contributed by atoms with Gasteiger partial charge in [-0.1, -0.05) is 12.1 Å². The fourth-order valence-electron chi connectivity index (χ4n) is 2.04. The minimum Gasteiger partial charge on any atom is -0.493 e. The van der Waals surface area contributed by atoms with E-state index in [-0.39, 0.29) is 17.0 Å². The fourth-order valence-corrected chi connectivity index (χ4v) is 2.04. The Labute approximate surface area is 139 Å². The molecule has 0 aliphatic heterocycles. The second-order valence-corrected chi connectivity index (χ2v) is 4.75. The minimum absolute atomic E-state index is 0.114. The summed E-state index contributed by atoms with van der Waals surface area (Å²) in [5, 5.41) is 2.22. The third-order valence-electron chi connectivity index (χ3n) is 3.10. The molecule has 0 atom stereocenters. The number of carbonyl (C=O) groups is 1. The number of anilines is 1. The van der Waals surface area contributed by atoms with Gasteiger partial charge in [-0.15, -0.1) is 0 Å². The lowest BCUT2D eigenvalue weighted by Gasteiger charge is -2.15. The Kier molecular flexibility index (Phi) is 5.45. The second-order valence-electron chi connectivity index (χ2n) is 4.75. The van der Waals surface area contributed by atoms with Gasteiger partial charge in [-0.05, 0) is 30.3 Å². The average molecular weight is 361 g/mol. The Morgan fingerprint density at radius 1 is 1.12 bits per heavy atom. The van der Waals surface area contributed by atoms with Crippen LogP contribution >= 0.6 is 0 Å². The van der Waals surface area contributed by atoms with Crippen LogP contribution in [0.3, 0.4) is 0 Å². The van der Waals surface area contributed by atoms with E-state index in [0.29, 0.717) is 0 Å². The van der Waals surface area contributed by atoms with Crippen LogP contribution in [0.25, 0.3) is 0 Å². The number of carbonyl (C=O) groups excluding carboxylic acids is 1. The first-order chi connectivity index (χ1) is 11.7. The van der Waals surface area contributed by atoms with Crippen molar-refractivity contribution in [2.75, 3.05) is 12.4 Å². The third-order valence-corrected chi connectivity index (χ3v) is 3.10. The molecule has 2 aromatic rings. The molecule has 1 amide bonds. The van der Waals surface area contributed by atoms with Crippen LogP contribution in [0, 0.1) is 0 Å². The molecule has 25 heavy (non-hydrogen) atoms. The Bertz CT molecular complexity index is 762. The maximum absolute atomic E-state index is 12.7. The quantitative estimate of drug-likeness (QED) is 0.794. The number of methoxy groups -OCH3 is 1. The lowest BCUT2D eigenvalue weighted by atomic mass is 10.1. The van der Waals surface area contributed by atoms with Crippen LogP contribution in [0.5, 0.6) is 11.5 Å². The number of alkyl halides is 5. The van der Waals surface area contributed by atoms with Gasteiger partial charge in [0.1, 0.15) is 0 Å². The number of rotatable bonds is 5. The summed E-state index contributed by atoms with van der Waals surface area (Å²) in [6, 6.07) is 7.76. The SMILES string of the molecule is COc1cccc(C(=O)Nc2cccc(C(F)(F)F)c2)c1OC(F)F. The van der Waals surface area contributed by atoms with Gasteiger partial charge in [0.25, 0.3) is 5.91 Å². The van der Waals surface area contributed by atoms with Crippen LogP contribution in [0.4, 0.5) is 27.6 Å². The number of nitrogens with one attached hydrogen (secondary N) is 1. The molecule has 134 valence electrons. The van der Waals surface area contributed by atoms with Crippen molar-refractivity contribution in [3.8, 4) is 11.5 Å². The van der Waals surface area contributed by atoms with Crippen molar-refractivity contribution in [1.29, 1.82) is 0 Å². The molecule has 0 saturated heterocycles. The van der Waals surface area contributed by atoms with Crippen molar-refractivity contribution in [2.45, 2.75) is 12.8 Å². The molecule has 1 N–H and O–H groups in total. The molecule has 0 unspecified atom stereocenters. The van der Waals surface area contributed by atoms with Crippen LogP contribution < -0.4 is 14.8 Å². The van der Waals surface area contributed by atoms with Crippen molar-refractivity contribution >= 4 is 11.6 Å². The summed E-state index contributed by atoms with van der Waals surface area (Å²) >= 11 is 0. The highest BCUT2D eigenvalue weighted by Gasteiger charge is 2.30. The number of hydrogen-bond donors (Lipinski definition) is 1. The summed E-state index contributed by atoms with van der Waals surface area (Å²) in [4.78, 5) is 12.3. The van der Waals surface area contributed by atoms with Crippen molar-refractivity contribution in [3.63, 3.8) is 0 Å². The number of benzene rings is 2. The van der Waals surface area contributed by atoms with Gasteiger partial charge in [0, 0.05) is 5.69 Å². The van der Waals surface area contributed by atoms with E-state index in [2.05, 4.69) is 10.1 Å². The molecule has 4 nitrogen and oxygen atoms in total. The molecular weight excluding hydrogens is 349 g/mol. The molecule has 0 saturated carbocycles. The van der Waals surface area contributed by atoms with E-state index in [1.807, 2.05) is 0 Å². The molecule has 0 aliphatic carbocycles. The van der Waals surface area contributed by atoms with Crippen LogP contribution in [0.2, 0.25) is 0 Å². The van der Waals surface area contributed by atoms with Gasteiger partial charge >= 0.3 is 12.8 Å². The molecular formula is C16H12F5NO3. The molecule has 2 aromatic carbocycles. The van der Waals surface area contributed by atoms with Gasteiger partial charge < -0.3 is 14.8 Å². The Balaban J connectivity index is 2.33. The molecule has 0 radical (unpaired) electrons. The first-order valence-corrected chi connectivity index (χ1v) is 6.83. The van der Waals surface area contributed by atoms with E-state index < -0.39 is 30.0 Å². The lowest BCUT2D eigenvalue weighted by molar-refractivity contribution is -0.137. The Morgan fingerprint density at radius 3 is 2.40 bits per heavy atom. The van der Waals surface area contributed by atoms with Crippen molar-refractivity contribution < 1.29 is 36.2 Å². The smallest absolute Gasteiger partial charge is 0.416 e. The van der Waals surface area contributed by atoms with E-state index in [1.165, 1.54) is 31.4 Å². The molecule has 2 rings (SSSR count). The molecule has 0 heterocycles. The summed E-state index contributed by atoms with van der Waals surface area (Å²) in [5.74, 6) is -1.55. The maximum Gasteiger partial charge on any atom is 0.416 e. The number of amides is 1. The summed E-state index contributed by atoms with van der Waals surface area (Å²) in [6.07, 6.45) is -4.58. The topological polar surface area (TPSA) is 47.6 Å². The van der Waals surface area contributed by atoms with Crippen LogP contribution in [0.1, 0.15) is 15.9 Å². The Hall–Kier alpha value is -2.84. The zero-order chi connectivity index (χ0) is 18.6. The fraction of sp³-hybridized carbons (Fsp3) is 0.188. The number of ether oxygens (including phenoxy) is 2. The number of hydrogen-bond acceptors (Lipinski definition) is 3. The lowest BCUT2D eigenvalue weighted by Crippen LogP contribution is -2.16. The van der Waals surface area contributed by atoms with Gasteiger partial charge in [-0.3, -0.25) is 4.79 Å². The second kappa shape index (κ2) is 7.37. The molecule has 0 bridgehead atoms. The van der Waals surface area contributed by atoms with Gasteiger partial charge in [-0.2, -0.15) is 22.0 Å². The highest BCUT2D eigenvalue weighted by molar-refractivity contribution is 6.06. The Morgan fingerprint density at radius 2 is 1.80 bits per heavy atom. The summed E-state index contributed by atoms with van der Waals surface area (Å²) in [5.41, 5.74) is -1.41. The molecule has 0 aromatic heterocycles. The highest BCUT2D eigenvalue weighted by Crippen LogP contribution is 2.34. The predicted octanol–water partition coefficient (Wildman–Crippen LogP) is 4.57. The normalized spacial score (nSPS) is 11.3. The summed E-state index contributed by atoms with van der Waals surface area (Å²) in [6.45, 7) is -3.21. The van der Waals surface area contributed by atoms with E-state index in [1.54, 1.807) is 0 Å². The van der Waals surface area contributed by atoms with Crippen molar-refractivity contribution in [3.05, 3.63) is 53.6 Å². The van der Waals surface area contributed by atoms with Crippen LogP contribution in [0.15, 0.2) is 42.5 Å². The van der Waals surface area contributed by atoms with Crippen molar-refractivity contribution in [2.24, 2.45) is 0 Å². The van der Waals surface area contributed by atoms with Gasteiger partial charge in [0.05, 0.1) is 18.2 Å². The van der Waals surface area contributed by atoms with E-state index in [4.69, 9.17) is 4.74 Å². The zero-order valence-electron chi connectivity index (χ0n) is 12.7. The maximum atomic E-state index is 12.7. The molecule has 0 spiro atoms. The van der Waals surface area contributed by atoms with Gasteiger partial charge in [0.15, 0.2) is 11.5 Å². The minimum atomic E-state index is -4.58. The molecule has 9 heteroatoms. The first kappa shape index (κ1) is 18.5. The first-order valence-electron chi connectivity index (χ1n) is 6.83. The predicted molar refractivity (Wildman–Crippen MR) is 79.0 cm³/mol. The number of halogens is 5. The van der Waals surface area contributed by atoms with E-state index >= 15 is 0 Å². The molecule has 0 fully saturated rings. The summed E-state index contributed by atoms with van der Waals surface area (Å²) < 4.78 is 72.4. The monoisotopic (exact) mass is 361 g/mol. The van der Waals surface area contributed by atoms with Crippen LogP contribution in [-0.2, 0) is 6.18 Å². The molecule has 0 aliphatic rings.